The quantitative estimate of drug-likeness (QED) is 0.800. The number of ether oxygens (including phenoxy) is 2. The summed E-state index contributed by atoms with van der Waals surface area (Å²) in [6.07, 6.45) is -1.84. The molecule has 1 aromatic carbocycles. The molecule has 0 N–H and O–H groups in total. The second-order valence-corrected chi connectivity index (χ2v) is 6.00. The van der Waals surface area contributed by atoms with Gasteiger partial charge >= 0.3 is 12.1 Å². The number of benzene rings is 1. The van der Waals surface area contributed by atoms with Gasteiger partial charge in [0.05, 0.1) is 18.6 Å². The molecule has 6 heteroatoms. The van der Waals surface area contributed by atoms with Crippen molar-refractivity contribution in [3.05, 3.63) is 35.9 Å². The SMILES string of the molecule is CCOC(=O)C1(C)C[C@H](F)CN(C(=O)OCc2ccccc2)C1. The maximum absolute atomic E-state index is 14.0. The molecular formula is C17H22FNO4. The van der Waals surface area contributed by atoms with Gasteiger partial charge in [0.15, 0.2) is 0 Å². The van der Waals surface area contributed by atoms with Crippen LogP contribution in [0.1, 0.15) is 25.8 Å². The van der Waals surface area contributed by atoms with Gasteiger partial charge in [-0.3, -0.25) is 4.79 Å². The Hall–Kier alpha value is -2.11. The van der Waals surface area contributed by atoms with Gasteiger partial charge < -0.3 is 14.4 Å². The summed E-state index contributed by atoms with van der Waals surface area (Å²) in [4.78, 5) is 25.5. The van der Waals surface area contributed by atoms with Crippen molar-refractivity contribution in [1.82, 2.24) is 4.90 Å². The Bertz CT molecular complexity index is 551. The number of nitrogens with zero attached hydrogens (tertiary/aromatic N) is 1. The molecule has 1 aromatic rings. The van der Waals surface area contributed by atoms with E-state index in [1.165, 1.54) is 4.90 Å². The molecule has 0 aromatic heterocycles. The number of esters is 1. The van der Waals surface area contributed by atoms with Crippen LogP contribution >= 0.6 is 0 Å². The minimum atomic E-state index is -1.28. The Kier molecular flexibility index (Phi) is 5.58. The average molecular weight is 323 g/mol. The van der Waals surface area contributed by atoms with Gasteiger partial charge in [0, 0.05) is 6.54 Å². The van der Waals surface area contributed by atoms with Crippen LogP contribution in [-0.2, 0) is 20.9 Å². The van der Waals surface area contributed by atoms with Crippen molar-refractivity contribution in [1.29, 1.82) is 0 Å². The molecule has 2 atom stereocenters. The van der Waals surface area contributed by atoms with E-state index in [1.807, 2.05) is 30.3 Å². The van der Waals surface area contributed by atoms with Crippen LogP contribution in [0, 0.1) is 5.41 Å². The van der Waals surface area contributed by atoms with Gasteiger partial charge in [-0.05, 0) is 25.8 Å². The molecule has 0 aliphatic carbocycles. The predicted octanol–water partition coefficient (Wildman–Crippen LogP) is 2.94. The largest absolute Gasteiger partial charge is 0.466 e. The van der Waals surface area contributed by atoms with Crippen LogP contribution in [0.4, 0.5) is 9.18 Å². The predicted molar refractivity (Wildman–Crippen MR) is 82.5 cm³/mol. The number of carbonyl (C=O) groups is 2. The standard InChI is InChI=1S/C17H22FNO4/c1-3-22-15(20)17(2)9-14(18)10-19(12-17)16(21)23-11-13-7-5-4-6-8-13/h4-8,14H,3,9-12H2,1-2H3/t14-,17?/m0/s1. The van der Waals surface area contributed by atoms with Gasteiger partial charge in [-0.2, -0.15) is 0 Å². The number of rotatable bonds is 4. The third-order valence-corrected chi connectivity index (χ3v) is 3.86. The Labute approximate surface area is 135 Å². The zero-order chi connectivity index (χ0) is 16.9. The van der Waals surface area contributed by atoms with Gasteiger partial charge in [0.2, 0.25) is 0 Å². The number of hydrogen-bond acceptors (Lipinski definition) is 4. The molecule has 1 amide bonds. The van der Waals surface area contributed by atoms with E-state index >= 15 is 0 Å². The summed E-state index contributed by atoms with van der Waals surface area (Å²) in [5.74, 6) is -0.483. The highest BCUT2D eigenvalue weighted by Crippen LogP contribution is 2.32. The zero-order valence-corrected chi connectivity index (χ0v) is 13.5. The number of amides is 1. The van der Waals surface area contributed by atoms with E-state index in [0.29, 0.717) is 0 Å². The maximum Gasteiger partial charge on any atom is 0.410 e. The van der Waals surface area contributed by atoms with Crippen LogP contribution in [-0.4, -0.2) is 42.8 Å². The maximum atomic E-state index is 14.0. The van der Waals surface area contributed by atoms with Gasteiger partial charge in [-0.1, -0.05) is 30.3 Å². The summed E-state index contributed by atoms with van der Waals surface area (Å²) in [5.41, 5.74) is -0.192. The monoisotopic (exact) mass is 323 g/mol. The Morgan fingerprint density at radius 1 is 1.30 bits per heavy atom. The summed E-state index contributed by atoms with van der Waals surface area (Å²) >= 11 is 0. The van der Waals surface area contributed by atoms with E-state index in [9.17, 15) is 14.0 Å². The smallest absolute Gasteiger partial charge is 0.410 e. The first-order chi connectivity index (χ1) is 10.9. The lowest BCUT2D eigenvalue weighted by molar-refractivity contribution is -0.159. The number of halogens is 1. The molecule has 0 saturated carbocycles. The second-order valence-electron chi connectivity index (χ2n) is 6.00. The fourth-order valence-electron chi connectivity index (χ4n) is 2.75. The van der Waals surface area contributed by atoms with Gasteiger partial charge in [0.25, 0.3) is 0 Å². The Morgan fingerprint density at radius 3 is 2.65 bits per heavy atom. The summed E-state index contributed by atoms with van der Waals surface area (Å²) < 4.78 is 24.2. The topological polar surface area (TPSA) is 55.8 Å². The van der Waals surface area contributed by atoms with E-state index < -0.39 is 23.6 Å². The summed E-state index contributed by atoms with van der Waals surface area (Å²) in [7, 11) is 0. The first-order valence-electron chi connectivity index (χ1n) is 7.71. The fraction of sp³-hybridized carbons (Fsp3) is 0.529. The van der Waals surface area contributed by atoms with Gasteiger partial charge in [-0.15, -0.1) is 0 Å². The van der Waals surface area contributed by atoms with Crippen LogP contribution < -0.4 is 0 Å². The third kappa shape index (κ3) is 4.43. The number of carbonyl (C=O) groups excluding carboxylic acids is 2. The molecule has 5 nitrogen and oxygen atoms in total. The van der Waals surface area contributed by atoms with Crippen molar-refractivity contribution in [3.8, 4) is 0 Å². The molecule has 0 bridgehead atoms. The minimum Gasteiger partial charge on any atom is -0.466 e. The average Bonchev–Trinajstić information content (AvgIpc) is 2.53. The molecule has 126 valence electrons. The van der Waals surface area contributed by atoms with Crippen LogP contribution in [0.3, 0.4) is 0 Å². The normalized spacial score (nSPS) is 24.1. The summed E-state index contributed by atoms with van der Waals surface area (Å²) in [6.45, 7) is 3.69. The highest BCUT2D eigenvalue weighted by Gasteiger charge is 2.45. The fourth-order valence-corrected chi connectivity index (χ4v) is 2.75. The lowest BCUT2D eigenvalue weighted by atomic mass is 9.81. The van der Waals surface area contributed by atoms with Gasteiger partial charge in [-0.25, -0.2) is 9.18 Å². The molecule has 0 spiro atoms. The molecule has 0 radical (unpaired) electrons. The molecule has 1 aliphatic rings. The first-order valence-corrected chi connectivity index (χ1v) is 7.71. The Morgan fingerprint density at radius 2 is 2.00 bits per heavy atom. The number of hydrogen-bond donors (Lipinski definition) is 0. The molecular weight excluding hydrogens is 301 g/mol. The minimum absolute atomic E-state index is 0.0499. The van der Waals surface area contributed by atoms with E-state index in [0.717, 1.165) is 5.56 Å². The third-order valence-electron chi connectivity index (χ3n) is 3.86. The molecule has 1 aliphatic heterocycles. The second kappa shape index (κ2) is 7.44. The van der Waals surface area contributed by atoms with E-state index in [2.05, 4.69) is 0 Å². The van der Waals surface area contributed by atoms with Crippen LogP contribution in [0.15, 0.2) is 30.3 Å². The van der Waals surface area contributed by atoms with E-state index in [1.54, 1.807) is 13.8 Å². The van der Waals surface area contributed by atoms with Crippen LogP contribution in [0.25, 0.3) is 0 Å². The molecule has 1 unspecified atom stereocenters. The number of piperidine rings is 1. The summed E-state index contributed by atoms with van der Waals surface area (Å²) in [6, 6.07) is 9.24. The molecule has 23 heavy (non-hydrogen) atoms. The zero-order valence-electron chi connectivity index (χ0n) is 13.5. The lowest BCUT2D eigenvalue weighted by Gasteiger charge is -2.39. The highest BCUT2D eigenvalue weighted by atomic mass is 19.1. The Balaban J connectivity index is 1.98. The first kappa shape index (κ1) is 17.2. The molecule has 1 fully saturated rings. The lowest BCUT2D eigenvalue weighted by Crippen LogP contribution is -2.53. The van der Waals surface area contributed by atoms with E-state index in [4.69, 9.17) is 9.47 Å². The van der Waals surface area contributed by atoms with Crippen LogP contribution in [0.5, 0.6) is 0 Å². The molecule has 2 rings (SSSR count). The van der Waals surface area contributed by atoms with Crippen molar-refractivity contribution in [2.24, 2.45) is 5.41 Å². The highest BCUT2D eigenvalue weighted by molar-refractivity contribution is 5.78. The summed E-state index contributed by atoms with van der Waals surface area (Å²) in [5, 5.41) is 0. The van der Waals surface area contributed by atoms with Crippen molar-refractivity contribution in [2.75, 3.05) is 19.7 Å². The molecule has 1 heterocycles. The molecule has 1 saturated heterocycles. The number of likely N-dealkylation sites (tertiary alicyclic amines) is 1. The van der Waals surface area contributed by atoms with Crippen molar-refractivity contribution >= 4 is 12.1 Å². The van der Waals surface area contributed by atoms with Crippen molar-refractivity contribution in [3.63, 3.8) is 0 Å². The van der Waals surface area contributed by atoms with Crippen molar-refractivity contribution in [2.45, 2.75) is 33.0 Å². The van der Waals surface area contributed by atoms with Gasteiger partial charge in [0.1, 0.15) is 12.8 Å². The van der Waals surface area contributed by atoms with Crippen LogP contribution in [0.2, 0.25) is 0 Å². The van der Waals surface area contributed by atoms with E-state index in [-0.39, 0.29) is 32.7 Å². The van der Waals surface area contributed by atoms with Crippen molar-refractivity contribution < 1.29 is 23.5 Å². The number of alkyl halides is 1.